The van der Waals surface area contributed by atoms with Gasteiger partial charge >= 0.3 is 0 Å². The van der Waals surface area contributed by atoms with Crippen LogP contribution in [0, 0.1) is 5.82 Å². The standard InChI is InChI=1S/C29H28ClFN4O2S2/c1-29(2,3)27-25-26(19-12-13-38-16-19)39-17-24(37)34(15-23(36)32-14-18-8-10-20(31)11-9-18)28(25)35(33-27)22-7-5-4-6-21(22)30/h4-13,16,26H,14-15,17H2,1-3H3,(H,32,36)/t26-/m1/s1. The normalized spacial score (nSPS) is 15.7. The van der Waals surface area contributed by atoms with E-state index in [-0.39, 0.29) is 47.1 Å². The zero-order valence-electron chi connectivity index (χ0n) is 21.8. The summed E-state index contributed by atoms with van der Waals surface area (Å²) in [4.78, 5) is 28.4. The number of nitrogens with zero attached hydrogens (tertiary/aromatic N) is 3. The van der Waals surface area contributed by atoms with E-state index in [1.54, 1.807) is 34.2 Å². The first-order valence-corrected chi connectivity index (χ1v) is 14.8. The van der Waals surface area contributed by atoms with E-state index >= 15 is 0 Å². The van der Waals surface area contributed by atoms with Gasteiger partial charge in [-0.15, -0.1) is 11.8 Å². The monoisotopic (exact) mass is 582 g/mol. The Hall–Kier alpha value is -3.14. The number of amides is 2. The molecule has 202 valence electrons. The molecule has 5 rings (SSSR count). The maximum absolute atomic E-state index is 13.7. The first-order valence-electron chi connectivity index (χ1n) is 12.5. The van der Waals surface area contributed by atoms with Gasteiger partial charge in [-0.1, -0.05) is 56.6 Å². The zero-order valence-corrected chi connectivity index (χ0v) is 24.2. The third-order valence-electron chi connectivity index (χ3n) is 6.43. The summed E-state index contributed by atoms with van der Waals surface area (Å²) in [6, 6.07) is 15.4. The number of thiophene rings is 1. The number of benzene rings is 2. The van der Waals surface area contributed by atoms with Crippen molar-refractivity contribution in [3.05, 3.63) is 98.6 Å². The second kappa shape index (κ2) is 11.2. The van der Waals surface area contributed by atoms with E-state index in [1.165, 1.54) is 28.8 Å². The van der Waals surface area contributed by atoms with Gasteiger partial charge in [0.15, 0.2) is 0 Å². The number of hydrogen-bond donors (Lipinski definition) is 1. The van der Waals surface area contributed by atoms with Gasteiger partial charge in [0.1, 0.15) is 18.2 Å². The van der Waals surface area contributed by atoms with Gasteiger partial charge in [0.2, 0.25) is 11.8 Å². The molecule has 0 radical (unpaired) electrons. The number of carbonyl (C=O) groups is 2. The van der Waals surface area contributed by atoms with Gasteiger partial charge in [-0.05, 0) is 52.2 Å². The van der Waals surface area contributed by atoms with Crippen molar-refractivity contribution in [1.82, 2.24) is 15.1 Å². The van der Waals surface area contributed by atoms with Crippen LogP contribution in [-0.2, 0) is 21.5 Å². The van der Waals surface area contributed by atoms with Gasteiger partial charge in [0.05, 0.1) is 27.4 Å². The lowest BCUT2D eigenvalue weighted by atomic mass is 9.87. The molecule has 0 saturated carbocycles. The van der Waals surface area contributed by atoms with E-state index in [0.29, 0.717) is 16.5 Å². The van der Waals surface area contributed by atoms with Crippen molar-refractivity contribution in [2.24, 2.45) is 0 Å². The third-order valence-corrected chi connectivity index (χ3v) is 8.71. The summed E-state index contributed by atoms with van der Waals surface area (Å²) < 4.78 is 15.0. The predicted octanol–water partition coefficient (Wildman–Crippen LogP) is 6.51. The Balaban J connectivity index is 1.62. The SMILES string of the molecule is CC(C)(C)c1nn(-c2ccccc2Cl)c2c1[C@@H](c1ccsc1)SCC(=O)N2CC(=O)NCc1ccc(F)cc1. The van der Waals surface area contributed by atoms with Crippen molar-refractivity contribution >= 4 is 52.3 Å². The molecule has 3 heterocycles. The van der Waals surface area contributed by atoms with E-state index in [4.69, 9.17) is 16.7 Å². The lowest BCUT2D eigenvalue weighted by Gasteiger charge is -2.24. The van der Waals surface area contributed by atoms with E-state index in [1.807, 2.05) is 23.6 Å². The van der Waals surface area contributed by atoms with Crippen LogP contribution in [-0.4, -0.2) is 33.9 Å². The molecule has 0 fully saturated rings. The Bertz CT molecular complexity index is 1500. The van der Waals surface area contributed by atoms with Crippen molar-refractivity contribution in [3.63, 3.8) is 0 Å². The minimum Gasteiger partial charge on any atom is -0.350 e. The topological polar surface area (TPSA) is 67.2 Å². The molecule has 2 aromatic carbocycles. The number of aromatic nitrogens is 2. The van der Waals surface area contributed by atoms with Crippen molar-refractivity contribution in [1.29, 1.82) is 0 Å². The Morgan fingerprint density at radius 2 is 1.90 bits per heavy atom. The number of carbonyl (C=O) groups excluding carboxylic acids is 2. The van der Waals surface area contributed by atoms with Gasteiger partial charge in [-0.2, -0.15) is 16.4 Å². The smallest absolute Gasteiger partial charge is 0.240 e. The van der Waals surface area contributed by atoms with Crippen LogP contribution in [0.25, 0.3) is 5.69 Å². The van der Waals surface area contributed by atoms with Crippen LogP contribution in [0.2, 0.25) is 5.02 Å². The van der Waals surface area contributed by atoms with Gasteiger partial charge in [0.25, 0.3) is 0 Å². The molecule has 10 heteroatoms. The Labute approximate surface area is 240 Å². The molecule has 39 heavy (non-hydrogen) atoms. The fourth-order valence-corrected chi connectivity index (χ4v) is 6.73. The first kappa shape index (κ1) is 27.4. The van der Waals surface area contributed by atoms with Crippen molar-refractivity contribution in [2.75, 3.05) is 17.2 Å². The second-order valence-electron chi connectivity index (χ2n) is 10.3. The molecule has 0 saturated heterocycles. The molecule has 4 aromatic rings. The molecular weight excluding hydrogens is 555 g/mol. The summed E-state index contributed by atoms with van der Waals surface area (Å²) in [7, 11) is 0. The summed E-state index contributed by atoms with van der Waals surface area (Å²) in [5.74, 6) is -0.109. The Morgan fingerprint density at radius 3 is 2.56 bits per heavy atom. The minimum atomic E-state index is -0.352. The summed E-state index contributed by atoms with van der Waals surface area (Å²) in [5.41, 5.74) is 3.87. The third kappa shape index (κ3) is 5.76. The number of hydrogen-bond acceptors (Lipinski definition) is 5. The van der Waals surface area contributed by atoms with E-state index in [0.717, 1.165) is 22.4 Å². The highest BCUT2D eigenvalue weighted by atomic mass is 35.5. The van der Waals surface area contributed by atoms with E-state index in [9.17, 15) is 14.0 Å². The fourth-order valence-electron chi connectivity index (χ4n) is 4.55. The second-order valence-corrected chi connectivity index (χ2v) is 12.6. The van der Waals surface area contributed by atoms with Crippen LogP contribution in [0.1, 0.15) is 48.4 Å². The maximum Gasteiger partial charge on any atom is 0.240 e. The molecule has 2 amide bonds. The average molecular weight is 583 g/mol. The highest BCUT2D eigenvalue weighted by molar-refractivity contribution is 8.00. The summed E-state index contributed by atoms with van der Waals surface area (Å²) >= 11 is 9.79. The molecular formula is C29H28ClFN4O2S2. The highest BCUT2D eigenvalue weighted by Gasteiger charge is 2.40. The number of thioether (sulfide) groups is 1. The minimum absolute atomic E-state index is 0.145. The zero-order chi connectivity index (χ0) is 27.7. The summed E-state index contributed by atoms with van der Waals surface area (Å²) in [5, 5.41) is 12.4. The molecule has 1 N–H and O–H groups in total. The number of halogens is 2. The van der Waals surface area contributed by atoms with Crippen LogP contribution in [0.15, 0.2) is 65.4 Å². The number of fused-ring (bicyclic) bond motifs is 1. The van der Waals surface area contributed by atoms with Gasteiger partial charge < -0.3 is 5.32 Å². The molecule has 6 nitrogen and oxygen atoms in total. The molecule has 1 aliphatic heterocycles. The molecule has 2 aromatic heterocycles. The molecule has 0 spiro atoms. The number of anilines is 1. The first-order chi connectivity index (χ1) is 18.6. The van der Waals surface area contributed by atoms with Gasteiger partial charge in [-0.3, -0.25) is 14.5 Å². The van der Waals surface area contributed by atoms with Crippen LogP contribution >= 0.6 is 34.7 Å². The number of para-hydroxylation sites is 1. The van der Waals surface area contributed by atoms with Crippen LogP contribution in [0.3, 0.4) is 0 Å². The van der Waals surface area contributed by atoms with E-state index < -0.39 is 0 Å². The lowest BCUT2D eigenvalue weighted by molar-refractivity contribution is -0.123. The molecule has 1 aliphatic rings. The Morgan fingerprint density at radius 1 is 1.15 bits per heavy atom. The van der Waals surface area contributed by atoms with E-state index in [2.05, 4.69) is 37.5 Å². The van der Waals surface area contributed by atoms with Crippen LogP contribution in [0.5, 0.6) is 0 Å². The summed E-state index contributed by atoms with van der Waals surface area (Å²) in [6.45, 7) is 6.30. The van der Waals surface area contributed by atoms with Crippen LogP contribution in [0.4, 0.5) is 10.2 Å². The number of nitrogens with one attached hydrogen (secondary N) is 1. The molecule has 0 unspecified atom stereocenters. The summed E-state index contributed by atoms with van der Waals surface area (Å²) in [6.07, 6.45) is 0. The van der Waals surface area contributed by atoms with Crippen molar-refractivity contribution in [3.8, 4) is 5.69 Å². The van der Waals surface area contributed by atoms with Crippen molar-refractivity contribution < 1.29 is 14.0 Å². The fraction of sp³-hybridized carbons (Fsp3) is 0.276. The Kier molecular flexibility index (Phi) is 7.84. The maximum atomic E-state index is 13.7. The number of rotatable bonds is 6. The molecule has 0 bridgehead atoms. The molecule has 1 atom stereocenters. The van der Waals surface area contributed by atoms with Crippen molar-refractivity contribution in [2.45, 2.75) is 38.0 Å². The lowest BCUT2D eigenvalue weighted by Crippen LogP contribution is -2.42. The van der Waals surface area contributed by atoms with Crippen LogP contribution < -0.4 is 10.2 Å². The largest absolute Gasteiger partial charge is 0.350 e. The molecule has 0 aliphatic carbocycles. The average Bonchev–Trinajstić information content (AvgIpc) is 3.54. The quantitative estimate of drug-likeness (QED) is 0.281. The predicted molar refractivity (Wildman–Crippen MR) is 156 cm³/mol. The van der Waals surface area contributed by atoms with Gasteiger partial charge in [0, 0.05) is 17.5 Å². The highest BCUT2D eigenvalue weighted by Crippen LogP contribution is 2.49. The van der Waals surface area contributed by atoms with Gasteiger partial charge in [-0.25, -0.2) is 9.07 Å².